The van der Waals surface area contributed by atoms with Gasteiger partial charge in [-0.25, -0.2) is 4.98 Å². The van der Waals surface area contributed by atoms with E-state index in [4.69, 9.17) is 10.5 Å². The lowest BCUT2D eigenvalue weighted by Crippen LogP contribution is -2.19. The van der Waals surface area contributed by atoms with Crippen LogP contribution in [0.1, 0.15) is 18.1 Å². The molecule has 0 aliphatic carbocycles. The molecule has 1 heterocycles. The molecule has 4 heteroatoms. The average molecular weight is 285 g/mol. The minimum Gasteiger partial charge on any atom is -0.495 e. The molecule has 21 heavy (non-hydrogen) atoms. The Morgan fingerprint density at radius 3 is 2.67 bits per heavy atom. The zero-order chi connectivity index (χ0) is 15.4. The van der Waals surface area contributed by atoms with Gasteiger partial charge in [0.05, 0.1) is 12.8 Å². The highest BCUT2D eigenvalue weighted by molar-refractivity contribution is 5.68. The molecule has 0 saturated heterocycles. The van der Waals surface area contributed by atoms with E-state index in [1.807, 2.05) is 49.3 Å². The van der Waals surface area contributed by atoms with Gasteiger partial charge in [0.15, 0.2) is 0 Å². The van der Waals surface area contributed by atoms with Crippen LogP contribution in [-0.4, -0.2) is 25.2 Å². The molecular formula is C17H23N3O. The lowest BCUT2D eigenvalue weighted by molar-refractivity contribution is 0.415. The van der Waals surface area contributed by atoms with Crippen LogP contribution in [0.3, 0.4) is 0 Å². The molecule has 2 N–H and O–H groups in total. The van der Waals surface area contributed by atoms with Crippen LogP contribution in [0.15, 0.2) is 36.5 Å². The summed E-state index contributed by atoms with van der Waals surface area (Å²) in [4.78, 5) is 6.64. The molecule has 0 aliphatic heterocycles. The van der Waals surface area contributed by atoms with Crippen LogP contribution in [0.2, 0.25) is 0 Å². The van der Waals surface area contributed by atoms with Gasteiger partial charge < -0.3 is 15.4 Å². The summed E-state index contributed by atoms with van der Waals surface area (Å²) in [5.41, 5.74) is 9.14. The Hall–Kier alpha value is -2.07. The number of methoxy groups -OCH3 is 1. The monoisotopic (exact) mass is 285 g/mol. The van der Waals surface area contributed by atoms with Crippen molar-refractivity contribution in [3.05, 3.63) is 47.7 Å². The smallest absolute Gasteiger partial charge is 0.142 e. The quantitative estimate of drug-likeness (QED) is 0.917. The van der Waals surface area contributed by atoms with Crippen LogP contribution in [0, 0.1) is 6.92 Å². The van der Waals surface area contributed by atoms with Crippen molar-refractivity contribution in [1.82, 2.24) is 4.98 Å². The normalized spacial score (nSPS) is 12.0. The molecule has 0 saturated carbocycles. The number of aryl methyl sites for hydroxylation is 1. The van der Waals surface area contributed by atoms with Crippen molar-refractivity contribution in [2.45, 2.75) is 26.3 Å². The number of hydrogen-bond donors (Lipinski definition) is 1. The van der Waals surface area contributed by atoms with Crippen molar-refractivity contribution in [3.8, 4) is 5.75 Å². The predicted molar refractivity (Wildman–Crippen MR) is 87.4 cm³/mol. The second-order valence-electron chi connectivity index (χ2n) is 5.40. The number of nitrogens with two attached hydrogens (primary N) is 1. The standard InChI is InChI=1S/C17H23N3O/c1-12-9-14(10-13(2)18)11-19-17(12)20(3)15-7-5-6-8-16(15)21-4/h5-9,11,13H,10,18H2,1-4H3. The van der Waals surface area contributed by atoms with Crippen molar-refractivity contribution in [2.24, 2.45) is 5.73 Å². The molecule has 0 spiro atoms. The first kappa shape index (κ1) is 15.3. The number of pyridine rings is 1. The van der Waals surface area contributed by atoms with E-state index in [9.17, 15) is 0 Å². The zero-order valence-corrected chi connectivity index (χ0v) is 13.1. The lowest BCUT2D eigenvalue weighted by atomic mass is 10.1. The maximum atomic E-state index is 5.85. The summed E-state index contributed by atoms with van der Waals surface area (Å²) in [6.45, 7) is 4.07. The minimum absolute atomic E-state index is 0.143. The Labute approximate surface area is 126 Å². The van der Waals surface area contributed by atoms with Crippen LogP contribution in [-0.2, 0) is 6.42 Å². The zero-order valence-electron chi connectivity index (χ0n) is 13.1. The van der Waals surface area contributed by atoms with Crippen LogP contribution in [0.5, 0.6) is 5.75 Å². The molecule has 0 bridgehead atoms. The van der Waals surface area contributed by atoms with Crippen molar-refractivity contribution < 1.29 is 4.74 Å². The van der Waals surface area contributed by atoms with Gasteiger partial charge in [0, 0.05) is 19.3 Å². The van der Waals surface area contributed by atoms with Gasteiger partial charge >= 0.3 is 0 Å². The van der Waals surface area contributed by atoms with Gasteiger partial charge in [-0.2, -0.15) is 0 Å². The minimum atomic E-state index is 0.143. The number of rotatable bonds is 5. The first-order valence-corrected chi connectivity index (χ1v) is 7.10. The van der Waals surface area contributed by atoms with Crippen LogP contribution in [0.25, 0.3) is 0 Å². The van der Waals surface area contributed by atoms with Gasteiger partial charge in [0.2, 0.25) is 0 Å². The molecule has 0 radical (unpaired) electrons. The molecule has 1 aromatic carbocycles. The Bertz CT molecular complexity index is 611. The van der Waals surface area contributed by atoms with E-state index >= 15 is 0 Å². The van der Waals surface area contributed by atoms with E-state index in [0.29, 0.717) is 0 Å². The number of aromatic nitrogens is 1. The molecule has 0 fully saturated rings. The molecule has 4 nitrogen and oxygen atoms in total. The summed E-state index contributed by atoms with van der Waals surface area (Å²) in [5.74, 6) is 1.76. The second kappa shape index (κ2) is 6.59. The molecule has 1 atom stereocenters. The highest BCUT2D eigenvalue weighted by atomic mass is 16.5. The largest absolute Gasteiger partial charge is 0.495 e. The number of anilines is 2. The highest BCUT2D eigenvalue weighted by Gasteiger charge is 2.13. The number of para-hydroxylation sites is 2. The van der Waals surface area contributed by atoms with E-state index in [0.717, 1.165) is 29.2 Å². The van der Waals surface area contributed by atoms with Gasteiger partial charge in [0.25, 0.3) is 0 Å². The van der Waals surface area contributed by atoms with E-state index in [-0.39, 0.29) is 6.04 Å². The Morgan fingerprint density at radius 1 is 1.33 bits per heavy atom. The fourth-order valence-corrected chi connectivity index (χ4v) is 2.48. The van der Waals surface area contributed by atoms with Crippen molar-refractivity contribution in [2.75, 3.05) is 19.1 Å². The summed E-state index contributed by atoms with van der Waals surface area (Å²) in [6.07, 6.45) is 2.74. The van der Waals surface area contributed by atoms with Crippen LogP contribution < -0.4 is 15.4 Å². The number of ether oxygens (including phenoxy) is 1. The van der Waals surface area contributed by atoms with Crippen molar-refractivity contribution in [3.63, 3.8) is 0 Å². The van der Waals surface area contributed by atoms with E-state index < -0.39 is 0 Å². The molecule has 1 unspecified atom stereocenters. The fraction of sp³-hybridized carbons (Fsp3) is 0.353. The molecular weight excluding hydrogens is 262 g/mol. The number of benzene rings is 1. The van der Waals surface area contributed by atoms with Crippen LogP contribution >= 0.6 is 0 Å². The summed E-state index contributed by atoms with van der Waals surface area (Å²) in [7, 11) is 3.68. The molecule has 2 aromatic rings. The molecule has 0 aliphatic rings. The maximum Gasteiger partial charge on any atom is 0.142 e. The van der Waals surface area contributed by atoms with Crippen LogP contribution in [0.4, 0.5) is 11.5 Å². The van der Waals surface area contributed by atoms with Gasteiger partial charge in [0.1, 0.15) is 11.6 Å². The average Bonchev–Trinajstić information content (AvgIpc) is 2.46. The predicted octanol–water partition coefficient (Wildman–Crippen LogP) is 3.06. The van der Waals surface area contributed by atoms with Gasteiger partial charge in [-0.1, -0.05) is 18.2 Å². The maximum absolute atomic E-state index is 5.85. The Kier molecular flexibility index (Phi) is 4.81. The third-order valence-electron chi connectivity index (χ3n) is 3.43. The third kappa shape index (κ3) is 3.52. The van der Waals surface area contributed by atoms with E-state index in [1.165, 1.54) is 5.56 Å². The first-order valence-electron chi connectivity index (χ1n) is 7.10. The topological polar surface area (TPSA) is 51.4 Å². The van der Waals surface area contributed by atoms with E-state index in [1.54, 1.807) is 7.11 Å². The highest BCUT2D eigenvalue weighted by Crippen LogP contribution is 2.32. The summed E-state index contributed by atoms with van der Waals surface area (Å²) in [5, 5.41) is 0. The second-order valence-corrected chi connectivity index (χ2v) is 5.40. The van der Waals surface area contributed by atoms with Crippen molar-refractivity contribution in [1.29, 1.82) is 0 Å². The van der Waals surface area contributed by atoms with Gasteiger partial charge in [-0.3, -0.25) is 0 Å². The molecule has 112 valence electrons. The summed E-state index contributed by atoms with van der Waals surface area (Å²) < 4.78 is 5.42. The Morgan fingerprint density at radius 2 is 2.05 bits per heavy atom. The number of hydrogen-bond acceptors (Lipinski definition) is 4. The first-order chi connectivity index (χ1) is 10.0. The molecule has 2 rings (SSSR count). The van der Waals surface area contributed by atoms with E-state index in [2.05, 4.69) is 18.0 Å². The Balaban J connectivity index is 2.33. The molecule has 0 amide bonds. The van der Waals surface area contributed by atoms with Crippen molar-refractivity contribution >= 4 is 11.5 Å². The lowest BCUT2D eigenvalue weighted by Gasteiger charge is -2.22. The summed E-state index contributed by atoms with van der Waals surface area (Å²) >= 11 is 0. The van der Waals surface area contributed by atoms with Gasteiger partial charge in [-0.05, 0) is 43.5 Å². The fourth-order valence-electron chi connectivity index (χ4n) is 2.48. The molecule has 1 aromatic heterocycles. The third-order valence-corrected chi connectivity index (χ3v) is 3.43. The SMILES string of the molecule is COc1ccccc1N(C)c1ncc(CC(C)N)cc1C. The number of nitrogens with zero attached hydrogens (tertiary/aromatic N) is 2. The van der Waals surface area contributed by atoms with Gasteiger partial charge in [-0.15, -0.1) is 0 Å². The summed E-state index contributed by atoms with van der Waals surface area (Å²) in [6, 6.07) is 10.2.